The van der Waals surface area contributed by atoms with Crippen LogP contribution in [-0.2, 0) is 20.9 Å². The van der Waals surface area contributed by atoms with Gasteiger partial charge in [0.15, 0.2) is 11.3 Å². The largest absolute Gasteiger partial charge is 0.487 e. The summed E-state index contributed by atoms with van der Waals surface area (Å²) in [6, 6.07) is 14.5. The minimum absolute atomic E-state index is 0.0948. The van der Waals surface area contributed by atoms with E-state index in [0.717, 1.165) is 16.6 Å². The lowest BCUT2D eigenvalue weighted by molar-refractivity contribution is -0.134. The van der Waals surface area contributed by atoms with Gasteiger partial charge in [-0.05, 0) is 61.0 Å². The SMILES string of the molecule is Cc1cc(OCc2ccccn2)ccc1NC1=C(C(=O)O)C(=O)/C(=C/c2c[nH]c3ncccc23)O1. The zero-order chi connectivity index (χ0) is 24.4. The molecule has 0 bridgehead atoms. The van der Waals surface area contributed by atoms with Crippen LogP contribution in [0.5, 0.6) is 5.75 Å². The Bertz CT molecular complexity index is 1500. The summed E-state index contributed by atoms with van der Waals surface area (Å²) in [6.07, 6.45) is 6.53. The Balaban J connectivity index is 1.36. The van der Waals surface area contributed by atoms with Crippen molar-refractivity contribution >= 4 is 34.5 Å². The number of pyridine rings is 2. The van der Waals surface area contributed by atoms with Crippen LogP contribution in [0.3, 0.4) is 0 Å². The first kappa shape index (κ1) is 21.9. The van der Waals surface area contributed by atoms with Crippen molar-refractivity contribution in [2.75, 3.05) is 5.32 Å². The van der Waals surface area contributed by atoms with Crippen molar-refractivity contribution in [1.29, 1.82) is 0 Å². The van der Waals surface area contributed by atoms with Gasteiger partial charge in [0.2, 0.25) is 11.7 Å². The normalized spacial score (nSPS) is 14.4. The molecule has 5 rings (SSSR count). The summed E-state index contributed by atoms with van der Waals surface area (Å²) in [5, 5.41) is 13.4. The molecule has 1 aromatic carbocycles. The molecule has 3 aromatic heterocycles. The number of aliphatic carboxylic acids is 1. The molecule has 0 amide bonds. The monoisotopic (exact) mass is 468 g/mol. The first-order valence-electron chi connectivity index (χ1n) is 10.7. The number of aromatic amines is 1. The van der Waals surface area contributed by atoms with Crippen LogP contribution in [0.2, 0.25) is 0 Å². The second kappa shape index (κ2) is 9.14. The summed E-state index contributed by atoms with van der Waals surface area (Å²) in [4.78, 5) is 36.2. The highest BCUT2D eigenvalue weighted by Gasteiger charge is 2.36. The predicted molar refractivity (Wildman–Crippen MR) is 128 cm³/mol. The Kier molecular flexibility index (Phi) is 5.72. The number of ketones is 1. The number of H-pyrrole nitrogens is 1. The van der Waals surface area contributed by atoms with E-state index in [1.807, 2.05) is 31.2 Å². The van der Waals surface area contributed by atoms with Gasteiger partial charge < -0.3 is 24.9 Å². The van der Waals surface area contributed by atoms with Crippen LogP contribution in [0.25, 0.3) is 17.1 Å². The van der Waals surface area contributed by atoms with Crippen molar-refractivity contribution in [3.63, 3.8) is 0 Å². The van der Waals surface area contributed by atoms with Crippen LogP contribution < -0.4 is 10.1 Å². The highest BCUT2D eigenvalue weighted by Crippen LogP contribution is 2.31. The number of fused-ring (bicyclic) bond motifs is 1. The van der Waals surface area contributed by atoms with Crippen LogP contribution in [0, 0.1) is 6.92 Å². The fourth-order valence-electron chi connectivity index (χ4n) is 3.68. The summed E-state index contributed by atoms with van der Waals surface area (Å²) in [5.41, 5.74) is 2.99. The molecule has 3 N–H and O–H groups in total. The number of nitrogens with zero attached hydrogens (tertiary/aromatic N) is 2. The molecule has 174 valence electrons. The Morgan fingerprint density at radius 1 is 1.17 bits per heavy atom. The Labute approximate surface area is 199 Å². The summed E-state index contributed by atoms with van der Waals surface area (Å²) in [7, 11) is 0. The molecular formula is C26H20N4O5. The van der Waals surface area contributed by atoms with Crippen LogP contribution in [0.15, 0.2) is 84.3 Å². The minimum atomic E-state index is -1.38. The molecule has 4 aromatic rings. The number of aromatic nitrogens is 3. The lowest BCUT2D eigenvalue weighted by atomic mass is 10.1. The van der Waals surface area contributed by atoms with Crippen molar-refractivity contribution in [3.8, 4) is 5.75 Å². The number of ether oxygens (including phenoxy) is 2. The number of carboxylic acids is 1. The van der Waals surface area contributed by atoms with Crippen molar-refractivity contribution < 1.29 is 24.2 Å². The molecule has 1 aliphatic heterocycles. The lowest BCUT2D eigenvalue weighted by Gasteiger charge is -2.13. The highest BCUT2D eigenvalue weighted by atomic mass is 16.5. The van der Waals surface area contributed by atoms with Crippen molar-refractivity contribution in [2.24, 2.45) is 0 Å². The number of carboxylic acid groups (broad SMARTS) is 1. The summed E-state index contributed by atoms with van der Waals surface area (Å²) in [5.74, 6) is -1.71. The fourth-order valence-corrected chi connectivity index (χ4v) is 3.68. The van der Waals surface area contributed by atoms with Crippen molar-refractivity contribution in [1.82, 2.24) is 15.0 Å². The summed E-state index contributed by atoms with van der Waals surface area (Å²) < 4.78 is 11.5. The number of Topliss-reactive ketones (excluding diaryl/α,β-unsaturated/α-hetero) is 1. The molecule has 0 atom stereocenters. The Hall–Kier alpha value is -4.92. The van der Waals surface area contributed by atoms with E-state index in [0.29, 0.717) is 29.3 Å². The maximum atomic E-state index is 12.8. The van der Waals surface area contributed by atoms with Crippen LogP contribution >= 0.6 is 0 Å². The number of hydrogen-bond donors (Lipinski definition) is 3. The van der Waals surface area contributed by atoms with E-state index < -0.39 is 17.3 Å². The van der Waals surface area contributed by atoms with Gasteiger partial charge in [-0.15, -0.1) is 0 Å². The van der Waals surface area contributed by atoms with Gasteiger partial charge in [-0.3, -0.25) is 9.78 Å². The van der Waals surface area contributed by atoms with E-state index >= 15 is 0 Å². The molecule has 0 unspecified atom stereocenters. The van der Waals surface area contributed by atoms with Crippen LogP contribution in [0.1, 0.15) is 16.8 Å². The van der Waals surface area contributed by atoms with Crippen LogP contribution in [0.4, 0.5) is 5.69 Å². The zero-order valence-corrected chi connectivity index (χ0v) is 18.6. The van der Waals surface area contributed by atoms with E-state index in [-0.39, 0.29) is 11.6 Å². The average Bonchev–Trinajstić information content (AvgIpc) is 3.40. The van der Waals surface area contributed by atoms with Gasteiger partial charge in [0.25, 0.3) is 0 Å². The lowest BCUT2D eigenvalue weighted by Crippen LogP contribution is -2.12. The van der Waals surface area contributed by atoms with Crippen molar-refractivity contribution in [3.05, 3.63) is 101 Å². The zero-order valence-electron chi connectivity index (χ0n) is 18.6. The van der Waals surface area contributed by atoms with Gasteiger partial charge in [0.05, 0.1) is 5.69 Å². The van der Waals surface area contributed by atoms with Gasteiger partial charge in [-0.25, -0.2) is 9.78 Å². The highest BCUT2D eigenvalue weighted by molar-refractivity contribution is 6.26. The van der Waals surface area contributed by atoms with Crippen LogP contribution in [-0.4, -0.2) is 31.8 Å². The standard InChI is InChI=1S/C26H20N4O5/c1-15-11-18(34-14-17-5-2-3-9-27-17)7-8-20(15)30-25-22(26(32)33)23(31)21(35-25)12-16-13-29-24-19(16)6-4-10-28-24/h2-13,30H,14H2,1H3,(H,28,29)(H,32,33)/b21-12-. The topological polar surface area (TPSA) is 126 Å². The van der Waals surface area contributed by atoms with Gasteiger partial charge >= 0.3 is 5.97 Å². The number of carbonyl (C=O) groups is 2. The second-order valence-electron chi connectivity index (χ2n) is 7.80. The van der Waals surface area contributed by atoms with Crippen molar-refractivity contribution in [2.45, 2.75) is 13.5 Å². The van der Waals surface area contributed by atoms with Gasteiger partial charge in [0.1, 0.15) is 18.0 Å². The molecule has 9 heteroatoms. The first-order chi connectivity index (χ1) is 17.0. The third kappa shape index (κ3) is 4.47. The average molecular weight is 468 g/mol. The molecule has 9 nitrogen and oxygen atoms in total. The number of carbonyl (C=O) groups excluding carboxylic acids is 1. The maximum Gasteiger partial charge on any atom is 0.345 e. The molecule has 35 heavy (non-hydrogen) atoms. The fraction of sp³-hybridized carbons (Fsp3) is 0.0769. The molecule has 1 aliphatic rings. The van der Waals surface area contributed by atoms with E-state index in [1.54, 1.807) is 42.9 Å². The molecule has 0 spiro atoms. The number of benzene rings is 1. The van der Waals surface area contributed by atoms with E-state index in [1.165, 1.54) is 6.08 Å². The molecule has 0 aliphatic carbocycles. The van der Waals surface area contributed by atoms with Gasteiger partial charge in [0, 0.05) is 35.2 Å². The van der Waals surface area contributed by atoms with E-state index in [9.17, 15) is 14.7 Å². The maximum absolute atomic E-state index is 12.8. The smallest absolute Gasteiger partial charge is 0.345 e. The summed E-state index contributed by atoms with van der Waals surface area (Å²) >= 11 is 0. The number of allylic oxidation sites excluding steroid dienone is 1. The van der Waals surface area contributed by atoms with E-state index in [2.05, 4.69) is 20.3 Å². The number of rotatable bonds is 7. The third-order valence-corrected chi connectivity index (χ3v) is 5.43. The number of aryl methyl sites for hydroxylation is 1. The Morgan fingerprint density at radius 3 is 2.80 bits per heavy atom. The molecule has 0 radical (unpaired) electrons. The quantitative estimate of drug-likeness (QED) is 0.272. The first-order valence-corrected chi connectivity index (χ1v) is 10.7. The molecule has 0 saturated heterocycles. The third-order valence-electron chi connectivity index (χ3n) is 5.43. The minimum Gasteiger partial charge on any atom is -0.487 e. The molecule has 0 fully saturated rings. The molecule has 4 heterocycles. The van der Waals surface area contributed by atoms with E-state index in [4.69, 9.17) is 9.47 Å². The summed E-state index contributed by atoms with van der Waals surface area (Å²) in [6.45, 7) is 2.15. The molecule has 0 saturated carbocycles. The van der Waals surface area contributed by atoms with Gasteiger partial charge in [-0.2, -0.15) is 0 Å². The number of hydrogen-bond acceptors (Lipinski definition) is 7. The molecular weight excluding hydrogens is 448 g/mol. The predicted octanol–water partition coefficient (Wildman–Crippen LogP) is 4.19. The Morgan fingerprint density at radius 2 is 2.03 bits per heavy atom. The number of nitrogens with one attached hydrogen (secondary N) is 2. The van der Waals surface area contributed by atoms with Gasteiger partial charge in [-0.1, -0.05) is 6.07 Å². The second-order valence-corrected chi connectivity index (χ2v) is 7.80. The number of anilines is 1.